The minimum atomic E-state index is -0.0769. The predicted molar refractivity (Wildman–Crippen MR) is 58.6 cm³/mol. The summed E-state index contributed by atoms with van der Waals surface area (Å²) in [5.74, 6) is -0.0769. The molecule has 0 bridgehead atoms. The van der Waals surface area contributed by atoms with E-state index in [-0.39, 0.29) is 11.9 Å². The third-order valence-corrected chi connectivity index (χ3v) is 2.68. The number of anilines is 1. The second-order valence-corrected chi connectivity index (χ2v) is 4.07. The maximum Gasteiger partial charge on any atom is 0.268 e. The Bertz CT molecular complexity index is 360. The molecule has 2 heterocycles. The summed E-state index contributed by atoms with van der Waals surface area (Å²) < 4.78 is 0. The largest absolute Gasteiger partial charge is 0.397 e. The zero-order valence-corrected chi connectivity index (χ0v) is 8.79. The quantitative estimate of drug-likeness (QED) is 0.642. The first-order chi connectivity index (χ1) is 7.15. The van der Waals surface area contributed by atoms with Gasteiger partial charge in [-0.2, -0.15) is 0 Å². The molecule has 1 unspecified atom stereocenters. The van der Waals surface area contributed by atoms with E-state index in [0.29, 0.717) is 11.4 Å². The molecule has 1 aromatic heterocycles. The summed E-state index contributed by atoms with van der Waals surface area (Å²) in [4.78, 5) is 16.7. The van der Waals surface area contributed by atoms with Gasteiger partial charge in [0.2, 0.25) is 0 Å². The van der Waals surface area contributed by atoms with E-state index in [1.165, 1.54) is 0 Å². The summed E-state index contributed by atoms with van der Waals surface area (Å²) in [7, 11) is 2.05. The van der Waals surface area contributed by atoms with Gasteiger partial charge >= 0.3 is 0 Å². The number of likely N-dealkylation sites (tertiary alicyclic amines) is 1. The topological polar surface area (TPSA) is 74.2 Å². The average Bonchev–Trinajstić information content (AvgIpc) is 2.75. The summed E-state index contributed by atoms with van der Waals surface area (Å²) in [6, 6.07) is 1.90. The van der Waals surface area contributed by atoms with Crippen LogP contribution in [0, 0.1) is 0 Å². The standard InChI is InChI=1S/C10H16N4O/c1-14-3-2-8(6-14)13-10(15)9-4-7(11)5-12-9/h4-5,8,12H,2-3,6,11H2,1H3,(H,13,15). The number of nitrogens with one attached hydrogen (secondary N) is 2. The number of nitrogens with two attached hydrogens (primary N) is 1. The minimum absolute atomic E-state index is 0.0769. The molecule has 4 N–H and O–H groups in total. The number of aromatic amines is 1. The van der Waals surface area contributed by atoms with Crippen molar-refractivity contribution < 1.29 is 4.79 Å². The normalized spacial score (nSPS) is 21.8. The number of hydrogen-bond acceptors (Lipinski definition) is 3. The lowest BCUT2D eigenvalue weighted by Crippen LogP contribution is -2.36. The van der Waals surface area contributed by atoms with E-state index in [9.17, 15) is 4.79 Å². The van der Waals surface area contributed by atoms with E-state index in [1.54, 1.807) is 12.3 Å². The molecule has 1 fully saturated rings. The van der Waals surface area contributed by atoms with Gasteiger partial charge in [-0.15, -0.1) is 0 Å². The molecule has 1 aliphatic rings. The Morgan fingerprint density at radius 1 is 1.73 bits per heavy atom. The Morgan fingerprint density at radius 2 is 2.53 bits per heavy atom. The molecule has 1 aromatic rings. The lowest BCUT2D eigenvalue weighted by molar-refractivity contribution is 0.0934. The Morgan fingerprint density at radius 3 is 3.07 bits per heavy atom. The second-order valence-electron chi connectivity index (χ2n) is 4.07. The molecule has 0 saturated carbocycles. The first kappa shape index (κ1) is 10.0. The summed E-state index contributed by atoms with van der Waals surface area (Å²) in [5, 5.41) is 2.97. The SMILES string of the molecule is CN1CCC(NC(=O)c2cc(N)c[nH]2)C1. The molecule has 0 aromatic carbocycles. The van der Waals surface area contributed by atoms with Gasteiger partial charge < -0.3 is 20.9 Å². The number of nitrogens with zero attached hydrogens (tertiary/aromatic N) is 1. The zero-order chi connectivity index (χ0) is 10.8. The first-order valence-corrected chi connectivity index (χ1v) is 5.08. The van der Waals surface area contributed by atoms with Crippen LogP contribution >= 0.6 is 0 Å². The molecule has 82 valence electrons. The fourth-order valence-electron chi connectivity index (χ4n) is 1.86. The maximum absolute atomic E-state index is 11.7. The van der Waals surface area contributed by atoms with E-state index in [2.05, 4.69) is 22.2 Å². The van der Waals surface area contributed by atoms with Crippen LogP contribution in [-0.4, -0.2) is 42.0 Å². The zero-order valence-electron chi connectivity index (χ0n) is 8.79. The summed E-state index contributed by atoms with van der Waals surface area (Å²) in [6.07, 6.45) is 2.63. The van der Waals surface area contributed by atoms with Gasteiger partial charge in [-0.3, -0.25) is 4.79 Å². The number of hydrogen-bond donors (Lipinski definition) is 3. The average molecular weight is 208 g/mol. The van der Waals surface area contributed by atoms with Crippen molar-refractivity contribution in [1.82, 2.24) is 15.2 Å². The third-order valence-electron chi connectivity index (χ3n) is 2.68. The van der Waals surface area contributed by atoms with Gasteiger partial charge in [0.1, 0.15) is 5.69 Å². The third kappa shape index (κ3) is 2.30. The van der Waals surface area contributed by atoms with Gasteiger partial charge in [0, 0.05) is 24.5 Å². The number of rotatable bonds is 2. The number of carbonyl (C=O) groups excluding carboxylic acids is 1. The van der Waals surface area contributed by atoms with Gasteiger partial charge in [-0.05, 0) is 26.1 Å². The Kier molecular flexibility index (Phi) is 2.64. The Hall–Kier alpha value is -1.49. The van der Waals surface area contributed by atoms with Crippen molar-refractivity contribution in [3.8, 4) is 0 Å². The maximum atomic E-state index is 11.7. The number of H-pyrrole nitrogens is 1. The first-order valence-electron chi connectivity index (χ1n) is 5.08. The van der Waals surface area contributed by atoms with Crippen LogP contribution in [0.2, 0.25) is 0 Å². The van der Waals surface area contributed by atoms with Gasteiger partial charge in [0.25, 0.3) is 5.91 Å². The highest BCUT2D eigenvalue weighted by Gasteiger charge is 2.21. The molecule has 5 heteroatoms. The monoisotopic (exact) mass is 208 g/mol. The summed E-state index contributed by atoms with van der Waals surface area (Å²) in [6.45, 7) is 1.96. The van der Waals surface area contributed by atoms with Crippen LogP contribution < -0.4 is 11.1 Å². The van der Waals surface area contributed by atoms with Crippen LogP contribution in [0.5, 0.6) is 0 Å². The molecule has 2 rings (SSSR count). The van der Waals surface area contributed by atoms with E-state index in [1.807, 2.05) is 0 Å². The van der Waals surface area contributed by atoms with Crippen molar-refractivity contribution in [2.75, 3.05) is 25.9 Å². The minimum Gasteiger partial charge on any atom is -0.397 e. The van der Waals surface area contributed by atoms with Crippen LogP contribution in [0.1, 0.15) is 16.9 Å². The van der Waals surface area contributed by atoms with E-state index < -0.39 is 0 Å². The lowest BCUT2D eigenvalue weighted by Gasteiger charge is -2.11. The summed E-state index contributed by atoms with van der Waals surface area (Å²) >= 11 is 0. The molecular formula is C10H16N4O. The van der Waals surface area contributed by atoms with E-state index in [0.717, 1.165) is 19.5 Å². The number of carbonyl (C=O) groups is 1. The van der Waals surface area contributed by atoms with Crippen LogP contribution in [0.15, 0.2) is 12.3 Å². The molecule has 1 atom stereocenters. The number of nitrogen functional groups attached to an aromatic ring is 1. The van der Waals surface area contributed by atoms with Crippen molar-refractivity contribution in [1.29, 1.82) is 0 Å². The van der Waals surface area contributed by atoms with E-state index in [4.69, 9.17) is 5.73 Å². The molecule has 5 nitrogen and oxygen atoms in total. The number of aromatic nitrogens is 1. The smallest absolute Gasteiger partial charge is 0.268 e. The lowest BCUT2D eigenvalue weighted by atomic mass is 10.2. The highest BCUT2D eigenvalue weighted by molar-refractivity contribution is 5.93. The van der Waals surface area contributed by atoms with E-state index >= 15 is 0 Å². The van der Waals surface area contributed by atoms with Gasteiger partial charge in [0.15, 0.2) is 0 Å². The predicted octanol–water partition coefficient (Wildman–Crippen LogP) is 0.0308. The van der Waals surface area contributed by atoms with Crippen LogP contribution in [0.3, 0.4) is 0 Å². The van der Waals surface area contributed by atoms with Gasteiger partial charge in [-0.25, -0.2) is 0 Å². The highest BCUT2D eigenvalue weighted by atomic mass is 16.1. The molecule has 1 saturated heterocycles. The fraction of sp³-hybridized carbons (Fsp3) is 0.500. The molecule has 0 radical (unpaired) electrons. The molecule has 1 aliphatic heterocycles. The van der Waals surface area contributed by atoms with Crippen molar-refractivity contribution in [2.45, 2.75) is 12.5 Å². The van der Waals surface area contributed by atoms with Gasteiger partial charge in [0.05, 0.1) is 0 Å². The molecule has 1 amide bonds. The van der Waals surface area contributed by atoms with Crippen molar-refractivity contribution in [3.63, 3.8) is 0 Å². The van der Waals surface area contributed by atoms with Crippen LogP contribution in [-0.2, 0) is 0 Å². The van der Waals surface area contributed by atoms with Gasteiger partial charge in [-0.1, -0.05) is 0 Å². The highest BCUT2D eigenvalue weighted by Crippen LogP contribution is 2.09. The number of amides is 1. The van der Waals surface area contributed by atoms with Crippen molar-refractivity contribution in [3.05, 3.63) is 18.0 Å². The van der Waals surface area contributed by atoms with Crippen LogP contribution in [0.4, 0.5) is 5.69 Å². The molecule has 15 heavy (non-hydrogen) atoms. The fourth-order valence-corrected chi connectivity index (χ4v) is 1.86. The Balaban J connectivity index is 1.92. The molecular weight excluding hydrogens is 192 g/mol. The molecule has 0 spiro atoms. The summed E-state index contributed by atoms with van der Waals surface area (Å²) in [5.41, 5.74) is 6.64. The van der Waals surface area contributed by atoms with Crippen molar-refractivity contribution in [2.24, 2.45) is 0 Å². The van der Waals surface area contributed by atoms with Crippen molar-refractivity contribution >= 4 is 11.6 Å². The second kappa shape index (κ2) is 3.94. The number of likely N-dealkylation sites (N-methyl/N-ethyl adjacent to an activating group) is 1. The van der Waals surface area contributed by atoms with Crippen LogP contribution in [0.25, 0.3) is 0 Å². The molecule has 0 aliphatic carbocycles. The Labute approximate surface area is 88.6 Å².